The molecule has 20 heavy (non-hydrogen) atoms. The van der Waals surface area contributed by atoms with E-state index in [9.17, 15) is 4.39 Å². The molecule has 1 aromatic carbocycles. The van der Waals surface area contributed by atoms with Crippen LogP contribution in [0, 0.1) is 5.82 Å². The van der Waals surface area contributed by atoms with Crippen LogP contribution < -0.4 is 10.6 Å². The molecule has 1 unspecified atom stereocenters. The molecule has 0 fully saturated rings. The second kappa shape index (κ2) is 7.02. The lowest BCUT2D eigenvalue weighted by Crippen LogP contribution is -2.19. The number of thiazole rings is 1. The summed E-state index contributed by atoms with van der Waals surface area (Å²) in [6.07, 6.45) is 1.09. The van der Waals surface area contributed by atoms with Crippen molar-refractivity contribution in [2.45, 2.75) is 26.3 Å². The van der Waals surface area contributed by atoms with Crippen LogP contribution in [0.1, 0.15) is 32.0 Å². The Morgan fingerprint density at radius 1 is 1.45 bits per heavy atom. The second-order valence-electron chi connectivity index (χ2n) is 4.51. The summed E-state index contributed by atoms with van der Waals surface area (Å²) in [6, 6.07) is 4.75. The van der Waals surface area contributed by atoms with Crippen molar-refractivity contribution in [1.82, 2.24) is 10.3 Å². The lowest BCUT2D eigenvalue weighted by atomic mass is 10.2. The number of benzene rings is 1. The Balaban J connectivity index is 2.03. The molecule has 1 atom stereocenters. The average Bonchev–Trinajstić information content (AvgIpc) is 2.89. The van der Waals surface area contributed by atoms with Crippen LogP contribution in [0.4, 0.5) is 15.2 Å². The summed E-state index contributed by atoms with van der Waals surface area (Å²) in [5, 5.41) is 9.41. The van der Waals surface area contributed by atoms with Gasteiger partial charge in [0.1, 0.15) is 5.82 Å². The summed E-state index contributed by atoms with van der Waals surface area (Å²) in [7, 11) is 0. The molecule has 0 bridgehead atoms. The molecule has 2 rings (SSSR count). The molecule has 0 saturated carbocycles. The van der Waals surface area contributed by atoms with Gasteiger partial charge in [-0.05, 0) is 38.1 Å². The molecule has 0 aliphatic heterocycles. The smallest absolute Gasteiger partial charge is 0.187 e. The molecule has 1 heterocycles. The molecule has 0 aliphatic rings. The molecule has 1 aromatic heterocycles. The van der Waals surface area contributed by atoms with Crippen LogP contribution in [0.25, 0.3) is 0 Å². The highest BCUT2D eigenvalue weighted by atomic mass is 35.5. The third-order valence-electron chi connectivity index (χ3n) is 2.84. The molecule has 6 heteroatoms. The highest BCUT2D eigenvalue weighted by molar-refractivity contribution is 7.13. The van der Waals surface area contributed by atoms with Gasteiger partial charge >= 0.3 is 0 Å². The van der Waals surface area contributed by atoms with Crippen molar-refractivity contribution < 1.29 is 4.39 Å². The quantitative estimate of drug-likeness (QED) is 0.808. The normalized spacial score (nSPS) is 12.4. The Hall–Kier alpha value is -1.17. The number of aromatic nitrogens is 1. The maximum absolute atomic E-state index is 13.1. The SMILES string of the molecule is CCCNC(C)c1csc(Nc2ccc(F)c(Cl)c2)n1. The molecular weight excluding hydrogens is 297 g/mol. The summed E-state index contributed by atoms with van der Waals surface area (Å²) >= 11 is 7.27. The number of halogens is 2. The topological polar surface area (TPSA) is 37.0 Å². The first-order valence-corrected chi connectivity index (χ1v) is 7.76. The lowest BCUT2D eigenvalue weighted by Gasteiger charge is -2.09. The predicted octanol–water partition coefficient (Wildman–Crippen LogP) is 4.74. The summed E-state index contributed by atoms with van der Waals surface area (Å²) in [5.41, 5.74) is 1.73. The second-order valence-corrected chi connectivity index (χ2v) is 5.77. The Labute approximate surface area is 127 Å². The first-order chi connectivity index (χ1) is 9.60. The fourth-order valence-corrected chi connectivity index (χ4v) is 2.71. The van der Waals surface area contributed by atoms with Gasteiger partial charge in [0.15, 0.2) is 5.13 Å². The minimum absolute atomic E-state index is 0.102. The standard InChI is InChI=1S/C14H17ClFN3S/c1-3-6-17-9(2)13-8-20-14(19-13)18-10-4-5-12(16)11(15)7-10/h4-5,7-9,17H,3,6H2,1-2H3,(H,18,19). The maximum Gasteiger partial charge on any atom is 0.187 e. The van der Waals surface area contributed by atoms with E-state index in [-0.39, 0.29) is 11.1 Å². The minimum Gasteiger partial charge on any atom is -0.331 e. The van der Waals surface area contributed by atoms with Crippen molar-refractivity contribution in [3.63, 3.8) is 0 Å². The van der Waals surface area contributed by atoms with E-state index in [2.05, 4.69) is 29.5 Å². The number of nitrogens with one attached hydrogen (secondary N) is 2. The molecule has 0 amide bonds. The first kappa shape index (κ1) is 15.2. The van der Waals surface area contributed by atoms with Gasteiger partial charge in [-0.3, -0.25) is 0 Å². The molecule has 0 saturated heterocycles. The summed E-state index contributed by atoms with van der Waals surface area (Å²) in [6.45, 7) is 5.18. The lowest BCUT2D eigenvalue weighted by molar-refractivity contribution is 0.561. The van der Waals surface area contributed by atoms with E-state index in [1.54, 1.807) is 12.1 Å². The number of rotatable bonds is 6. The molecule has 0 spiro atoms. The van der Waals surface area contributed by atoms with E-state index in [1.807, 2.05) is 5.38 Å². The predicted molar refractivity (Wildman–Crippen MR) is 83.5 cm³/mol. The number of hydrogen-bond donors (Lipinski definition) is 2. The molecular formula is C14H17ClFN3S. The van der Waals surface area contributed by atoms with Gasteiger partial charge in [-0.2, -0.15) is 0 Å². The molecule has 2 aromatic rings. The van der Waals surface area contributed by atoms with Gasteiger partial charge in [0, 0.05) is 17.1 Å². The van der Waals surface area contributed by atoms with Crippen LogP contribution in [-0.4, -0.2) is 11.5 Å². The van der Waals surface area contributed by atoms with Gasteiger partial charge in [0.2, 0.25) is 0 Å². The Kier molecular flexibility index (Phi) is 5.34. The zero-order valence-corrected chi connectivity index (χ0v) is 13.0. The Morgan fingerprint density at radius 2 is 2.25 bits per heavy atom. The zero-order chi connectivity index (χ0) is 14.5. The summed E-state index contributed by atoms with van der Waals surface area (Å²) in [4.78, 5) is 4.52. The fraction of sp³-hybridized carbons (Fsp3) is 0.357. The molecule has 3 nitrogen and oxygen atoms in total. The molecule has 2 N–H and O–H groups in total. The van der Waals surface area contributed by atoms with E-state index in [0.29, 0.717) is 0 Å². The van der Waals surface area contributed by atoms with Crippen molar-refractivity contribution in [1.29, 1.82) is 0 Å². The van der Waals surface area contributed by atoms with Gasteiger partial charge in [0.25, 0.3) is 0 Å². The third-order valence-corrected chi connectivity index (χ3v) is 3.90. The number of hydrogen-bond acceptors (Lipinski definition) is 4. The van der Waals surface area contributed by atoms with Gasteiger partial charge in [0.05, 0.1) is 10.7 Å². The highest BCUT2D eigenvalue weighted by Gasteiger charge is 2.09. The minimum atomic E-state index is -0.422. The monoisotopic (exact) mass is 313 g/mol. The van der Waals surface area contributed by atoms with E-state index >= 15 is 0 Å². The molecule has 0 aliphatic carbocycles. The van der Waals surface area contributed by atoms with Crippen molar-refractivity contribution >= 4 is 33.8 Å². The van der Waals surface area contributed by atoms with Crippen LogP contribution >= 0.6 is 22.9 Å². The van der Waals surface area contributed by atoms with Gasteiger partial charge in [-0.1, -0.05) is 18.5 Å². The van der Waals surface area contributed by atoms with Crippen LogP contribution in [-0.2, 0) is 0 Å². The number of nitrogens with zero attached hydrogens (tertiary/aromatic N) is 1. The van der Waals surface area contributed by atoms with E-state index in [0.717, 1.165) is 29.5 Å². The first-order valence-electron chi connectivity index (χ1n) is 6.51. The largest absolute Gasteiger partial charge is 0.331 e. The van der Waals surface area contributed by atoms with Crippen molar-refractivity contribution in [2.75, 3.05) is 11.9 Å². The highest BCUT2D eigenvalue weighted by Crippen LogP contribution is 2.26. The van der Waals surface area contributed by atoms with Gasteiger partial charge in [-0.25, -0.2) is 9.37 Å². The van der Waals surface area contributed by atoms with Crippen LogP contribution in [0.3, 0.4) is 0 Å². The van der Waals surface area contributed by atoms with E-state index in [1.165, 1.54) is 17.4 Å². The van der Waals surface area contributed by atoms with Crippen molar-refractivity contribution in [2.24, 2.45) is 0 Å². The van der Waals surface area contributed by atoms with E-state index < -0.39 is 5.82 Å². The molecule has 0 radical (unpaired) electrons. The zero-order valence-electron chi connectivity index (χ0n) is 11.4. The Bertz CT molecular complexity index is 573. The van der Waals surface area contributed by atoms with E-state index in [4.69, 9.17) is 11.6 Å². The van der Waals surface area contributed by atoms with Crippen LogP contribution in [0.2, 0.25) is 5.02 Å². The fourth-order valence-electron chi connectivity index (χ4n) is 1.71. The third kappa shape index (κ3) is 3.91. The van der Waals surface area contributed by atoms with Crippen LogP contribution in [0.15, 0.2) is 23.6 Å². The van der Waals surface area contributed by atoms with Gasteiger partial charge < -0.3 is 10.6 Å². The Morgan fingerprint density at radius 3 is 2.95 bits per heavy atom. The van der Waals surface area contributed by atoms with Crippen molar-refractivity contribution in [3.8, 4) is 0 Å². The van der Waals surface area contributed by atoms with Crippen molar-refractivity contribution in [3.05, 3.63) is 40.1 Å². The van der Waals surface area contributed by atoms with Gasteiger partial charge in [-0.15, -0.1) is 11.3 Å². The molecule has 108 valence electrons. The summed E-state index contributed by atoms with van der Waals surface area (Å²) in [5.74, 6) is -0.422. The average molecular weight is 314 g/mol. The van der Waals surface area contributed by atoms with Crippen LogP contribution in [0.5, 0.6) is 0 Å². The maximum atomic E-state index is 13.1. The number of anilines is 2. The summed E-state index contributed by atoms with van der Waals surface area (Å²) < 4.78 is 13.1.